The summed E-state index contributed by atoms with van der Waals surface area (Å²) < 4.78 is 0. The fourth-order valence-electron chi connectivity index (χ4n) is 2.27. The molecule has 0 aliphatic rings. The molecule has 0 spiro atoms. The first-order chi connectivity index (χ1) is 12.5. The van der Waals surface area contributed by atoms with Crippen LogP contribution in [-0.4, -0.2) is 30.9 Å². The molecule has 1 heterocycles. The number of anilines is 1. The second kappa shape index (κ2) is 7.79. The molecule has 1 aromatic heterocycles. The van der Waals surface area contributed by atoms with Crippen molar-refractivity contribution in [2.24, 2.45) is 0 Å². The van der Waals surface area contributed by atoms with Gasteiger partial charge in [0.15, 0.2) is 0 Å². The molecule has 26 heavy (non-hydrogen) atoms. The van der Waals surface area contributed by atoms with Crippen LogP contribution in [0.2, 0.25) is 0 Å². The smallest absolute Gasteiger partial charge is 0.289 e. The van der Waals surface area contributed by atoms with Crippen molar-refractivity contribution < 1.29 is 9.59 Å². The summed E-state index contributed by atoms with van der Waals surface area (Å²) in [4.78, 5) is 30.6. The van der Waals surface area contributed by atoms with Crippen molar-refractivity contribution >= 4 is 28.8 Å². The number of hydrogen-bond donors (Lipinski definition) is 2. The standard InChI is InChI=1S/C19H18N4O2S/c1-23(2)15-10-6-9-14(11-15)17(24)21-22-18(25)16-12-26-19(20-16)13-7-4-3-5-8-13/h3-12H,1-2H3,(H,21,24)(H,22,25). The van der Waals surface area contributed by atoms with Crippen LogP contribution in [0.5, 0.6) is 0 Å². The number of nitrogens with one attached hydrogen (secondary N) is 2. The fraction of sp³-hybridized carbons (Fsp3) is 0.105. The Labute approximate surface area is 155 Å². The van der Waals surface area contributed by atoms with Crippen LogP contribution < -0.4 is 15.8 Å². The maximum absolute atomic E-state index is 12.2. The molecule has 0 fully saturated rings. The van der Waals surface area contributed by atoms with Crippen molar-refractivity contribution in [3.63, 3.8) is 0 Å². The number of amides is 2. The summed E-state index contributed by atoms with van der Waals surface area (Å²) in [5.74, 6) is -0.846. The first-order valence-electron chi connectivity index (χ1n) is 7.93. The molecule has 0 saturated carbocycles. The summed E-state index contributed by atoms with van der Waals surface area (Å²) >= 11 is 1.38. The van der Waals surface area contributed by atoms with Crippen molar-refractivity contribution in [2.75, 3.05) is 19.0 Å². The molecule has 132 valence electrons. The molecule has 0 atom stereocenters. The van der Waals surface area contributed by atoms with Gasteiger partial charge in [-0.3, -0.25) is 20.4 Å². The Hall–Kier alpha value is -3.19. The van der Waals surface area contributed by atoms with Gasteiger partial charge in [-0.15, -0.1) is 11.3 Å². The highest BCUT2D eigenvalue weighted by Gasteiger charge is 2.13. The Morgan fingerprint density at radius 1 is 0.962 bits per heavy atom. The van der Waals surface area contributed by atoms with Gasteiger partial charge in [-0.1, -0.05) is 36.4 Å². The quantitative estimate of drug-likeness (QED) is 0.696. The lowest BCUT2D eigenvalue weighted by atomic mass is 10.2. The molecule has 6 nitrogen and oxygen atoms in total. The molecule has 3 rings (SSSR count). The number of carbonyl (C=O) groups is 2. The lowest BCUT2D eigenvalue weighted by molar-refractivity contribution is 0.0844. The van der Waals surface area contributed by atoms with Crippen molar-refractivity contribution in [3.8, 4) is 10.6 Å². The predicted molar refractivity (Wildman–Crippen MR) is 103 cm³/mol. The second-order valence-electron chi connectivity index (χ2n) is 5.76. The highest BCUT2D eigenvalue weighted by atomic mass is 32.1. The van der Waals surface area contributed by atoms with E-state index in [2.05, 4.69) is 15.8 Å². The third kappa shape index (κ3) is 4.07. The molecule has 7 heteroatoms. The number of hydrazine groups is 1. The number of aromatic nitrogens is 1. The maximum Gasteiger partial charge on any atom is 0.289 e. The number of rotatable bonds is 4. The lowest BCUT2D eigenvalue weighted by Crippen LogP contribution is -2.41. The maximum atomic E-state index is 12.2. The Bertz CT molecular complexity index is 922. The van der Waals surface area contributed by atoms with Crippen LogP contribution in [0.1, 0.15) is 20.8 Å². The second-order valence-corrected chi connectivity index (χ2v) is 6.62. The van der Waals surface area contributed by atoms with Crippen LogP contribution >= 0.6 is 11.3 Å². The minimum atomic E-state index is -0.458. The van der Waals surface area contributed by atoms with Gasteiger partial charge in [-0.05, 0) is 18.2 Å². The fourth-order valence-corrected chi connectivity index (χ4v) is 3.07. The molecule has 0 radical (unpaired) electrons. The van der Waals surface area contributed by atoms with Gasteiger partial charge in [0, 0.05) is 36.3 Å². The van der Waals surface area contributed by atoms with Crippen molar-refractivity contribution in [1.82, 2.24) is 15.8 Å². The van der Waals surface area contributed by atoms with Gasteiger partial charge >= 0.3 is 0 Å². The highest BCUT2D eigenvalue weighted by Crippen LogP contribution is 2.23. The normalized spacial score (nSPS) is 10.2. The van der Waals surface area contributed by atoms with Gasteiger partial charge in [-0.25, -0.2) is 4.98 Å². The third-order valence-electron chi connectivity index (χ3n) is 3.67. The molecular formula is C19H18N4O2S. The SMILES string of the molecule is CN(C)c1cccc(C(=O)NNC(=O)c2csc(-c3ccccc3)n2)c1. The average molecular weight is 366 g/mol. The van der Waals surface area contributed by atoms with Crippen LogP contribution in [-0.2, 0) is 0 Å². The zero-order chi connectivity index (χ0) is 18.5. The summed E-state index contributed by atoms with van der Waals surface area (Å²) in [6.07, 6.45) is 0. The van der Waals surface area contributed by atoms with Gasteiger partial charge in [0.1, 0.15) is 10.7 Å². The van der Waals surface area contributed by atoms with Crippen LogP contribution in [0.15, 0.2) is 60.0 Å². The van der Waals surface area contributed by atoms with Gasteiger partial charge in [0.05, 0.1) is 0 Å². The van der Waals surface area contributed by atoms with Crippen LogP contribution in [0.25, 0.3) is 10.6 Å². The largest absolute Gasteiger partial charge is 0.378 e. The molecular weight excluding hydrogens is 348 g/mol. The van der Waals surface area contributed by atoms with Crippen molar-refractivity contribution in [3.05, 3.63) is 71.2 Å². The molecule has 0 bridgehead atoms. The minimum absolute atomic E-state index is 0.260. The molecule has 0 unspecified atom stereocenters. The monoisotopic (exact) mass is 366 g/mol. The van der Waals surface area contributed by atoms with E-state index in [-0.39, 0.29) is 11.6 Å². The topological polar surface area (TPSA) is 74.3 Å². The zero-order valence-electron chi connectivity index (χ0n) is 14.4. The van der Waals surface area contributed by atoms with Crippen molar-refractivity contribution in [1.29, 1.82) is 0 Å². The van der Waals surface area contributed by atoms with E-state index >= 15 is 0 Å². The zero-order valence-corrected chi connectivity index (χ0v) is 15.2. The van der Waals surface area contributed by atoms with E-state index in [9.17, 15) is 9.59 Å². The van der Waals surface area contributed by atoms with Gasteiger partial charge in [0.25, 0.3) is 11.8 Å². The number of nitrogens with zero attached hydrogens (tertiary/aromatic N) is 2. The minimum Gasteiger partial charge on any atom is -0.378 e. The first kappa shape index (κ1) is 17.6. The van der Waals surface area contributed by atoms with Crippen LogP contribution in [0, 0.1) is 0 Å². The molecule has 2 aromatic carbocycles. The summed E-state index contributed by atoms with van der Waals surface area (Å²) in [6, 6.07) is 16.7. The third-order valence-corrected chi connectivity index (χ3v) is 4.56. The lowest BCUT2D eigenvalue weighted by Gasteiger charge is -2.13. The number of thiazole rings is 1. The van der Waals surface area contributed by atoms with Gasteiger partial charge in [-0.2, -0.15) is 0 Å². The molecule has 0 aliphatic heterocycles. The van der Waals surface area contributed by atoms with Gasteiger partial charge < -0.3 is 4.90 Å². The molecule has 2 N–H and O–H groups in total. The Morgan fingerprint density at radius 2 is 1.69 bits per heavy atom. The number of carbonyl (C=O) groups excluding carboxylic acids is 2. The van der Waals surface area contributed by atoms with E-state index in [1.807, 2.05) is 55.4 Å². The number of benzene rings is 2. The average Bonchev–Trinajstić information content (AvgIpc) is 3.17. The Kier molecular flexibility index (Phi) is 5.28. The van der Waals surface area contributed by atoms with E-state index in [0.717, 1.165) is 16.3 Å². The first-order valence-corrected chi connectivity index (χ1v) is 8.81. The van der Waals surface area contributed by atoms with Crippen LogP contribution in [0.4, 0.5) is 5.69 Å². The molecule has 0 saturated heterocycles. The summed E-state index contributed by atoms with van der Waals surface area (Å²) in [5.41, 5.74) is 7.39. The van der Waals surface area contributed by atoms with Gasteiger partial charge in [0.2, 0.25) is 0 Å². The van der Waals surface area contributed by atoms with E-state index in [4.69, 9.17) is 0 Å². The van der Waals surface area contributed by atoms with Crippen LogP contribution in [0.3, 0.4) is 0 Å². The summed E-state index contributed by atoms with van der Waals surface area (Å²) in [5, 5.41) is 2.41. The molecule has 0 aliphatic carbocycles. The van der Waals surface area contributed by atoms with E-state index < -0.39 is 5.91 Å². The summed E-state index contributed by atoms with van der Waals surface area (Å²) in [6.45, 7) is 0. The highest BCUT2D eigenvalue weighted by molar-refractivity contribution is 7.13. The van der Waals surface area contributed by atoms with Crippen molar-refractivity contribution in [2.45, 2.75) is 0 Å². The van der Waals surface area contributed by atoms with E-state index in [1.165, 1.54) is 11.3 Å². The molecule has 2 amide bonds. The summed E-state index contributed by atoms with van der Waals surface area (Å²) in [7, 11) is 3.79. The van der Waals surface area contributed by atoms with E-state index in [1.54, 1.807) is 23.6 Å². The Morgan fingerprint density at radius 3 is 2.42 bits per heavy atom. The molecule has 3 aromatic rings. The predicted octanol–water partition coefficient (Wildman–Crippen LogP) is 2.95. The van der Waals surface area contributed by atoms with E-state index in [0.29, 0.717) is 5.56 Å². The number of hydrogen-bond acceptors (Lipinski definition) is 5. The Balaban J connectivity index is 1.63.